The van der Waals surface area contributed by atoms with E-state index in [9.17, 15) is 4.79 Å². The van der Waals surface area contributed by atoms with Gasteiger partial charge < -0.3 is 5.32 Å². The van der Waals surface area contributed by atoms with Crippen LogP contribution in [-0.2, 0) is 11.2 Å². The smallest absolute Gasteiger partial charge is 0.140 e. The van der Waals surface area contributed by atoms with E-state index in [-0.39, 0.29) is 5.92 Å². The third-order valence-corrected chi connectivity index (χ3v) is 4.06. The number of piperidine rings is 1. The van der Waals surface area contributed by atoms with Crippen LogP contribution in [0.5, 0.6) is 0 Å². The van der Waals surface area contributed by atoms with Crippen molar-refractivity contribution in [2.75, 3.05) is 0 Å². The molecule has 3 rings (SSSR count). The highest BCUT2D eigenvalue weighted by Crippen LogP contribution is 2.31. The van der Waals surface area contributed by atoms with Crippen molar-refractivity contribution in [3.05, 3.63) is 30.1 Å². The second-order valence-corrected chi connectivity index (χ2v) is 5.30. The van der Waals surface area contributed by atoms with E-state index in [0.717, 1.165) is 18.4 Å². The highest BCUT2D eigenvalue weighted by atomic mass is 16.1. The number of hydrogen-bond acceptors (Lipinski definition) is 3. The number of Topliss-reactive ketones (excluding diaryl/α,β-unsaturated/α-hetero) is 1. The fourth-order valence-corrected chi connectivity index (χ4v) is 3.17. The van der Waals surface area contributed by atoms with E-state index in [0.29, 0.717) is 24.3 Å². The lowest BCUT2D eigenvalue weighted by molar-refractivity contribution is -0.123. The number of hydrogen-bond donors (Lipinski definition) is 1. The molecule has 2 bridgehead atoms. The number of nitrogens with zero attached hydrogens (tertiary/aromatic N) is 1. The Morgan fingerprint density at radius 3 is 2.53 bits per heavy atom. The monoisotopic (exact) mass is 230 g/mol. The van der Waals surface area contributed by atoms with E-state index >= 15 is 0 Å². The molecule has 2 unspecified atom stereocenters. The lowest BCUT2D eigenvalue weighted by Gasteiger charge is -2.28. The van der Waals surface area contributed by atoms with Gasteiger partial charge in [-0.3, -0.25) is 9.78 Å². The van der Waals surface area contributed by atoms with Gasteiger partial charge >= 0.3 is 0 Å². The van der Waals surface area contributed by atoms with Crippen molar-refractivity contribution >= 4 is 5.78 Å². The molecule has 1 N–H and O–H groups in total. The molecule has 2 aliphatic heterocycles. The normalized spacial score (nSPS) is 31.4. The van der Waals surface area contributed by atoms with Crippen molar-refractivity contribution in [3.63, 3.8) is 0 Å². The minimum Gasteiger partial charge on any atom is -0.311 e. The molecule has 3 nitrogen and oxygen atoms in total. The average molecular weight is 230 g/mol. The number of pyridine rings is 1. The molecular formula is C14H18N2O. The zero-order chi connectivity index (χ0) is 11.7. The number of carbonyl (C=O) groups is 1. The lowest BCUT2D eigenvalue weighted by atomic mass is 9.86. The predicted octanol–water partition coefficient (Wildman–Crippen LogP) is 1.72. The van der Waals surface area contributed by atoms with Crippen LogP contribution in [0.15, 0.2) is 24.5 Å². The molecular weight excluding hydrogens is 212 g/mol. The molecule has 3 heteroatoms. The van der Waals surface area contributed by atoms with Gasteiger partial charge in [0.05, 0.1) is 0 Å². The number of rotatable bonds is 3. The zero-order valence-electron chi connectivity index (χ0n) is 9.93. The Balaban J connectivity index is 1.63. The molecule has 17 heavy (non-hydrogen) atoms. The molecule has 2 aliphatic rings. The summed E-state index contributed by atoms with van der Waals surface area (Å²) in [6.45, 7) is 0. The summed E-state index contributed by atoms with van der Waals surface area (Å²) in [5, 5.41) is 3.58. The maximum atomic E-state index is 12.2. The number of fused-ring (bicyclic) bond motifs is 2. The average Bonchev–Trinajstić information content (AvgIpc) is 2.69. The SMILES string of the molecule is O=C(Cc1ccncc1)C1CC2CCC(C1)N2. The van der Waals surface area contributed by atoms with Gasteiger partial charge in [0.1, 0.15) is 5.78 Å². The first-order valence-electron chi connectivity index (χ1n) is 6.49. The molecule has 0 radical (unpaired) electrons. The van der Waals surface area contributed by atoms with Gasteiger partial charge in [0.25, 0.3) is 0 Å². The molecule has 2 atom stereocenters. The molecule has 0 amide bonds. The minimum absolute atomic E-state index is 0.280. The first-order valence-corrected chi connectivity index (χ1v) is 6.49. The summed E-state index contributed by atoms with van der Waals surface area (Å²) in [4.78, 5) is 16.2. The summed E-state index contributed by atoms with van der Waals surface area (Å²) in [6.07, 6.45) is 8.68. The van der Waals surface area contributed by atoms with E-state index in [1.165, 1.54) is 12.8 Å². The van der Waals surface area contributed by atoms with Gasteiger partial charge in [-0.15, -0.1) is 0 Å². The van der Waals surface area contributed by atoms with Crippen LogP contribution in [0.4, 0.5) is 0 Å². The van der Waals surface area contributed by atoms with Gasteiger partial charge in [-0.25, -0.2) is 0 Å². The van der Waals surface area contributed by atoms with Crippen molar-refractivity contribution in [1.29, 1.82) is 0 Å². The second kappa shape index (κ2) is 4.57. The van der Waals surface area contributed by atoms with Gasteiger partial charge in [-0.1, -0.05) is 0 Å². The fourth-order valence-electron chi connectivity index (χ4n) is 3.17. The third-order valence-electron chi connectivity index (χ3n) is 4.06. The molecule has 1 aromatic rings. The van der Waals surface area contributed by atoms with Crippen LogP contribution in [0.1, 0.15) is 31.2 Å². The summed E-state index contributed by atoms with van der Waals surface area (Å²) in [7, 11) is 0. The van der Waals surface area contributed by atoms with Gasteiger partial charge in [-0.2, -0.15) is 0 Å². The maximum Gasteiger partial charge on any atom is 0.140 e. The first kappa shape index (κ1) is 10.9. The number of ketones is 1. The van der Waals surface area contributed by atoms with E-state index < -0.39 is 0 Å². The van der Waals surface area contributed by atoms with Crippen LogP contribution < -0.4 is 5.32 Å². The Morgan fingerprint density at radius 1 is 1.24 bits per heavy atom. The van der Waals surface area contributed by atoms with Crippen molar-refractivity contribution < 1.29 is 4.79 Å². The van der Waals surface area contributed by atoms with Crippen molar-refractivity contribution in [2.24, 2.45) is 5.92 Å². The number of nitrogens with one attached hydrogen (secondary N) is 1. The van der Waals surface area contributed by atoms with Crippen molar-refractivity contribution in [1.82, 2.24) is 10.3 Å². The molecule has 0 aromatic carbocycles. The molecule has 3 heterocycles. The number of aromatic nitrogens is 1. The predicted molar refractivity (Wildman–Crippen MR) is 65.6 cm³/mol. The van der Waals surface area contributed by atoms with E-state index in [1.54, 1.807) is 12.4 Å². The van der Waals surface area contributed by atoms with E-state index in [1.807, 2.05) is 12.1 Å². The van der Waals surface area contributed by atoms with Crippen LogP contribution in [0.2, 0.25) is 0 Å². The van der Waals surface area contributed by atoms with Gasteiger partial charge in [-0.05, 0) is 43.4 Å². The Labute approximate surface area is 102 Å². The van der Waals surface area contributed by atoms with Crippen LogP contribution in [-0.4, -0.2) is 22.9 Å². The van der Waals surface area contributed by atoms with Gasteiger partial charge in [0.2, 0.25) is 0 Å². The highest BCUT2D eigenvalue weighted by Gasteiger charge is 2.36. The Kier molecular flexibility index (Phi) is 2.93. The summed E-state index contributed by atoms with van der Waals surface area (Å²) in [5.41, 5.74) is 1.09. The van der Waals surface area contributed by atoms with Crippen molar-refractivity contribution in [2.45, 2.75) is 44.2 Å². The van der Waals surface area contributed by atoms with Crippen LogP contribution >= 0.6 is 0 Å². The Hall–Kier alpha value is -1.22. The summed E-state index contributed by atoms with van der Waals surface area (Å²) >= 11 is 0. The standard InChI is InChI=1S/C14H18N2O/c17-14(7-10-3-5-15-6-4-10)11-8-12-1-2-13(9-11)16-12/h3-6,11-13,16H,1-2,7-9H2. The first-order chi connectivity index (χ1) is 8.31. The Morgan fingerprint density at radius 2 is 1.88 bits per heavy atom. The molecule has 0 spiro atoms. The molecule has 90 valence electrons. The zero-order valence-corrected chi connectivity index (χ0v) is 9.93. The summed E-state index contributed by atoms with van der Waals surface area (Å²) in [5.74, 6) is 0.691. The fraction of sp³-hybridized carbons (Fsp3) is 0.571. The van der Waals surface area contributed by atoms with Crippen LogP contribution in [0.25, 0.3) is 0 Å². The quantitative estimate of drug-likeness (QED) is 0.859. The molecule has 1 aromatic heterocycles. The van der Waals surface area contributed by atoms with Crippen LogP contribution in [0, 0.1) is 5.92 Å². The minimum atomic E-state index is 0.280. The molecule has 0 aliphatic carbocycles. The van der Waals surface area contributed by atoms with Gasteiger partial charge in [0.15, 0.2) is 0 Å². The summed E-state index contributed by atoms with van der Waals surface area (Å²) in [6, 6.07) is 5.07. The highest BCUT2D eigenvalue weighted by molar-refractivity contribution is 5.83. The largest absolute Gasteiger partial charge is 0.311 e. The van der Waals surface area contributed by atoms with Gasteiger partial charge in [0, 0.05) is 36.8 Å². The summed E-state index contributed by atoms with van der Waals surface area (Å²) < 4.78 is 0. The maximum absolute atomic E-state index is 12.2. The van der Waals surface area contributed by atoms with E-state index in [4.69, 9.17) is 0 Å². The Bertz CT molecular complexity index is 392. The lowest BCUT2D eigenvalue weighted by Crippen LogP contribution is -2.40. The molecule has 0 saturated carbocycles. The third kappa shape index (κ3) is 2.39. The molecule has 2 fully saturated rings. The van der Waals surface area contributed by atoms with E-state index in [2.05, 4.69) is 10.3 Å². The topological polar surface area (TPSA) is 42.0 Å². The number of carbonyl (C=O) groups excluding carboxylic acids is 1. The molecule has 2 saturated heterocycles. The van der Waals surface area contributed by atoms with Crippen molar-refractivity contribution in [3.8, 4) is 0 Å². The second-order valence-electron chi connectivity index (χ2n) is 5.30. The van der Waals surface area contributed by atoms with Crippen LogP contribution in [0.3, 0.4) is 0 Å².